The first-order chi connectivity index (χ1) is 16.9. The van der Waals surface area contributed by atoms with Gasteiger partial charge in [0, 0.05) is 19.2 Å². The Hall–Kier alpha value is -4.14. The van der Waals surface area contributed by atoms with Gasteiger partial charge in [0.25, 0.3) is 5.91 Å². The average molecular weight is 475 g/mol. The molecule has 0 aliphatic heterocycles. The van der Waals surface area contributed by atoms with Gasteiger partial charge in [-0.3, -0.25) is 14.8 Å². The Morgan fingerprint density at radius 2 is 1.66 bits per heavy atom. The van der Waals surface area contributed by atoms with E-state index in [4.69, 9.17) is 4.74 Å². The number of carbonyl (C=O) groups is 3. The van der Waals surface area contributed by atoms with E-state index in [2.05, 4.69) is 27.9 Å². The molecule has 9 nitrogen and oxygen atoms in total. The number of fused-ring (bicyclic) bond motifs is 3. The molecule has 1 fully saturated rings. The molecule has 2 aliphatic rings. The van der Waals surface area contributed by atoms with Crippen LogP contribution in [0.2, 0.25) is 0 Å². The lowest BCUT2D eigenvalue weighted by atomic mass is 9.97. The molecule has 0 bridgehead atoms. The van der Waals surface area contributed by atoms with Gasteiger partial charge in [0.05, 0.1) is 0 Å². The van der Waals surface area contributed by atoms with E-state index >= 15 is 0 Å². The summed E-state index contributed by atoms with van der Waals surface area (Å²) < 4.78 is 6.94. The minimum Gasteiger partial charge on any atom is -0.480 e. The second-order valence-electron chi connectivity index (χ2n) is 9.06. The molecule has 0 unspecified atom stereocenters. The van der Waals surface area contributed by atoms with Crippen molar-refractivity contribution in [2.75, 3.05) is 11.9 Å². The third kappa shape index (κ3) is 4.14. The van der Waals surface area contributed by atoms with Gasteiger partial charge in [0.15, 0.2) is 5.82 Å². The van der Waals surface area contributed by atoms with Crippen LogP contribution in [-0.2, 0) is 16.6 Å². The summed E-state index contributed by atoms with van der Waals surface area (Å²) in [6.07, 6.45) is 2.88. The first-order valence-electron chi connectivity index (χ1n) is 11.6. The molecule has 0 spiro atoms. The molecule has 2 aromatic carbocycles. The zero-order valence-corrected chi connectivity index (χ0v) is 19.3. The van der Waals surface area contributed by atoms with E-state index < -0.39 is 23.5 Å². The molecular weight excluding hydrogens is 448 g/mol. The Balaban J connectivity index is 1.29. The van der Waals surface area contributed by atoms with Gasteiger partial charge in [-0.25, -0.2) is 9.59 Å². The van der Waals surface area contributed by atoms with Crippen LogP contribution in [-0.4, -0.2) is 45.0 Å². The Bertz CT molecular complexity index is 1260. The number of aromatic nitrogens is 2. The number of nitrogens with zero attached hydrogens (tertiary/aromatic N) is 2. The van der Waals surface area contributed by atoms with Crippen LogP contribution in [0.25, 0.3) is 11.1 Å². The molecule has 2 aliphatic carbocycles. The number of nitrogens with one attached hydrogen (secondary N) is 2. The monoisotopic (exact) mass is 474 g/mol. The lowest BCUT2D eigenvalue weighted by Gasteiger charge is -2.25. The van der Waals surface area contributed by atoms with Crippen LogP contribution in [0, 0.1) is 0 Å². The van der Waals surface area contributed by atoms with Gasteiger partial charge in [-0.2, -0.15) is 5.10 Å². The molecule has 1 aromatic heterocycles. The summed E-state index contributed by atoms with van der Waals surface area (Å²) in [7, 11) is 1.61. The summed E-state index contributed by atoms with van der Waals surface area (Å²) in [5, 5.41) is 19.0. The highest BCUT2D eigenvalue weighted by molar-refractivity contribution is 6.03. The number of amides is 2. The molecule has 0 saturated heterocycles. The highest BCUT2D eigenvalue weighted by atomic mass is 16.5. The number of ether oxygens (including phenoxy) is 1. The van der Waals surface area contributed by atoms with E-state index in [-0.39, 0.29) is 23.9 Å². The van der Waals surface area contributed by atoms with Crippen molar-refractivity contribution in [3.63, 3.8) is 0 Å². The Kier molecular flexibility index (Phi) is 5.76. The molecule has 0 radical (unpaired) electrons. The van der Waals surface area contributed by atoms with E-state index in [0.29, 0.717) is 12.8 Å². The van der Waals surface area contributed by atoms with E-state index in [0.717, 1.165) is 35.1 Å². The maximum absolute atomic E-state index is 12.9. The van der Waals surface area contributed by atoms with Crippen molar-refractivity contribution in [1.82, 2.24) is 15.1 Å². The average Bonchev–Trinajstić information content (AvgIpc) is 3.54. The minimum absolute atomic E-state index is 0.0146. The molecule has 180 valence electrons. The van der Waals surface area contributed by atoms with Crippen LogP contribution < -0.4 is 10.6 Å². The molecule has 1 saturated carbocycles. The highest BCUT2D eigenvalue weighted by Crippen LogP contribution is 2.44. The molecule has 3 N–H and O–H groups in total. The number of aryl methyl sites for hydroxylation is 1. The second kappa shape index (κ2) is 8.90. The summed E-state index contributed by atoms with van der Waals surface area (Å²) in [4.78, 5) is 37.5. The molecule has 2 amide bonds. The van der Waals surface area contributed by atoms with E-state index in [1.165, 1.54) is 10.9 Å². The number of anilines is 1. The summed E-state index contributed by atoms with van der Waals surface area (Å²) in [5.74, 6) is -1.74. The number of hydrogen-bond donors (Lipinski definition) is 3. The maximum atomic E-state index is 12.9. The predicted octanol–water partition coefficient (Wildman–Crippen LogP) is 3.91. The topological polar surface area (TPSA) is 123 Å². The molecule has 9 heteroatoms. The first-order valence-corrected chi connectivity index (χ1v) is 11.6. The fourth-order valence-corrected chi connectivity index (χ4v) is 5.13. The van der Waals surface area contributed by atoms with Crippen molar-refractivity contribution in [2.45, 2.75) is 37.1 Å². The highest BCUT2D eigenvalue weighted by Gasteiger charge is 2.43. The predicted molar refractivity (Wildman–Crippen MR) is 128 cm³/mol. The number of carboxylic acids is 1. The van der Waals surface area contributed by atoms with Crippen molar-refractivity contribution in [2.24, 2.45) is 7.05 Å². The van der Waals surface area contributed by atoms with Crippen LogP contribution in [0.5, 0.6) is 0 Å². The van der Waals surface area contributed by atoms with Gasteiger partial charge in [-0.1, -0.05) is 61.4 Å². The standard InChI is InChI=1S/C26H26N4O5/c1-30-14-20(23(31)28-26(24(32)33)12-6-7-13-26)22(29-30)27-25(34)35-15-21-18-10-4-2-8-16(18)17-9-3-5-11-19(17)21/h2-5,8-11,14,21H,6-7,12-13,15H2,1H3,(H,28,31)(H,32,33)(H,27,29,34). The van der Waals surface area contributed by atoms with Crippen LogP contribution in [0.3, 0.4) is 0 Å². The summed E-state index contributed by atoms with van der Waals surface area (Å²) in [5.41, 5.74) is 3.21. The van der Waals surface area contributed by atoms with Gasteiger partial charge in [-0.05, 0) is 35.1 Å². The summed E-state index contributed by atoms with van der Waals surface area (Å²) >= 11 is 0. The largest absolute Gasteiger partial charge is 0.480 e. The van der Waals surface area contributed by atoms with Crippen LogP contribution >= 0.6 is 0 Å². The number of carbonyl (C=O) groups excluding carboxylic acids is 2. The maximum Gasteiger partial charge on any atom is 0.412 e. The number of aliphatic carboxylic acids is 1. The molecule has 0 atom stereocenters. The van der Waals surface area contributed by atoms with Crippen molar-refractivity contribution in [1.29, 1.82) is 0 Å². The fraction of sp³-hybridized carbons (Fsp3) is 0.308. The van der Waals surface area contributed by atoms with Crippen LogP contribution in [0.15, 0.2) is 54.7 Å². The Labute approximate surface area is 202 Å². The third-order valence-corrected chi connectivity index (χ3v) is 6.86. The summed E-state index contributed by atoms with van der Waals surface area (Å²) in [6.45, 7) is 0.121. The van der Waals surface area contributed by atoms with Crippen LogP contribution in [0.1, 0.15) is 53.1 Å². The van der Waals surface area contributed by atoms with Crippen molar-refractivity contribution in [3.8, 4) is 11.1 Å². The number of rotatable bonds is 6. The zero-order valence-electron chi connectivity index (χ0n) is 19.3. The first kappa shape index (κ1) is 22.6. The lowest BCUT2D eigenvalue weighted by molar-refractivity contribution is -0.144. The normalized spacial score (nSPS) is 15.8. The Morgan fingerprint density at radius 3 is 2.26 bits per heavy atom. The van der Waals surface area contributed by atoms with Gasteiger partial charge in [-0.15, -0.1) is 0 Å². The van der Waals surface area contributed by atoms with Crippen molar-refractivity contribution < 1.29 is 24.2 Å². The number of carboxylic acid groups (broad SMARTS) is 1. The van der Waals surface area contributed by atoms with Gasteiger partial charge in [0.2, 0.25) is 0 Å². The lowest BCUT2D eigenvalue weighted by Crippen LogP contribution is -2.52. The zero-order chi connectivity index (χ0) is 24.6. The van der Waals surface area contributed by atoms with Crippen molar-refractivity contribution in [3.05, 3.63) is 71.4 Å². The van der Waals surface area contributed by atoms with E-state index in [1.807, 2.05) is 36.4 Å². The molecule has 5 rings (SSSR count). The SMILES string of the molecule is Cn1cc(C(=O)NC2(C(=O)O)CCCC2)c(NC(=O)OCC2c3ccccc3-c3ccccc32)n1. The van der Waals surface area contributed by atoms with Gasteiger partial charge in [0.1, 0.15) is 17.7 Å². The Morgan fingerprint density at radius 1 is 1.06 bits per heavy atom. The number of benzene rings is 2. The van der Waals surface area contributed by atoms with Crippen LogP contribution in [0.4, 0.5) is 10.6 Å². The van der Waals surface area contributed by atoms with Gasteiger partial charge >= 0.3 is 12.1 Å². The minimum atomic E-state index is -1.30. The van der Waals surface area contributed by atoms with E-state index in [1.54, 1.807) is 7.05 Å². The smallest absolute Gasteiger partial charge is 0.412 e. The number of hydrogen-bond acceptors (Lipinski definition) is 5. The second-order valence-corrected chi connectivity index (χ2v) is 9.06. The molecule has 3 aromatic rings. The third-order valence-electron chi connectivity index (χ3n) is 6.86. The van der Waals surface area contributed by atoms with Gasteiger partial charge < -0.3 is 15.2 Å². The fourth-order valence-electron chi connectivity index (χ4n) is 5.13. The molecule has 35 heavy (non-hydrogen) atoms. The molecule has 1 heterocycles. The van der Waals surface area contributed by atoms with Crippen molar-refractivity contribution >= 4 is 23.8 Å². The molecular formula is C26H26N4O5. The quantitative estimate of drug-likeness (QED) is 0.498. The van der Waals surface area contributed by atoms with E-state index in [9.17, 15) is 19.5 Å². The summed E-state index contributed by atoms with van der Waals surface area (Å²) in [6, 6.07) is 16.1.